The molecule has 0 radical (unpaired) electrons. The molecule has 0 unspecified atom stereocenters. The summed E-state index contributed by atoms with van der Waals surface area (Å²) in [6.45, 7) is 0. The van der Waals surface area contributed by atoms with Crippen LogP contribution in [0.25, 0.3) is 0 Å². The van der Waals surface area contributed by atoms with Crippen LogP contribution >= 0.6 is 0 Å². The summed E-state index contributed by atoms with van der Waals surface area (Å²) in [5.74, 6) is -1.32. The summed E-state index contributed by atoms with van der Waals surface area (Å²) in [5, 5.41) is 9.42. The average molecular weight is 372 g/mol. The molecule has 0 heterocycles. The normalized spacial score (nSPS) is 11.3. The van der Waals surface area contributed by atoms with Gasteiger partial charge in [0.25, 0.3) is 0 Å². The van der Waals surface area contributed by atoms with E-state index in [1.165, 1.54) is 38.5 Å². The number of carbonyl (C=O) groups excluding carboxylic acids is 3. The number of amides is 2. The second kappa shape index (κ2) is 8.70. The Morgan fingerprint density at radius 1 is 1.04 bits per heavy atom. The van der Waals surface area contributed by atoms with E-state index in [9.17, 15) is 19.5 Å². The van der Waals surface area contributed by atoms with Gasteiger partial charge in [-0.2, -0.15) is 0 Å². The Morgan fingerprint density at radius 3 is 2.22 bits per heavy atom. The molecular formula is C19H20N2O6. The number of nitrogens with zero attached hydrogens (tertiary/aromatic N) is 1. The van der Waals surface area contributed by atoms with Gasteiger partial charge in [0.15, 0.2) is 0 Å². The minimum atomic E-state index is -1.12. The number of ether oxygens (including phenoxy) is 2. The van der Waals surface area contributed by atoms with E-state index in [1.54, 1.807) is 24.3 Å². The van der Waals surface area contributed by atoms with Gasteiger partial charge in [0.1, 0.15) is 11.8 Å². The fourth-order valence-corrected chi connectivity index (χ4v) is 2.68. The Balaban J connectivity index is 2.52. The van der Waals surface area contributed by atoms with Gasteiger partial charge in [-0.15, -0.1) is 0 Å². The standard InChI is InChI=1S/C19H20N2O6/c1-26-17(23)14-5-3-4-6-15(14)21(19(20)25)16(18(24)27-2)11-12-7-9-13(22)10-8-12/h3-10,16,22H,11H2,1-2H3,(H2,20,25)/t16-/m0/s1. The molecule has 2 rings (SSSR count). The topological polar surface area (TPSA) is 119 Å². The van der Waals surface area contributed by atoms with Gasteiger partial charge in [0, 0.05) is 6.42 Å². The third-order valence-corrected chi connectivity index (χ3v) is 3.96. The first-order chi connectivity index (χ1) is 12.9. The van der Waals surface area contributed by atoms with Gasteiger partial charge in [0.2, 0.25) is 0 Å². The highest BCUT2D eigenvalue weighted by Crippen LogP contribution is 2.26. The zero-order valence-electron chi connectivity index (χ0n) is 14.9. The van der Waals surface area contributed by atoms with Gasteiger partial charge in [-0.05, 0) is 29.8 Å². The molecule has 0 spiro atoms. The highest BCUT2D eigenvalue weighted by atomic mass is 16.5. The van der Waals surface area contributed by atoms with Crippen molar-refractivity contribution in [3.8, 4) is 5.75 Å². The molecule has 0 saturated heterocycles. The van der Waals surface area contributed by atoms with Gasteiger partial charge >= 0.3 is 18.0 Å². The van der Waals surface area contributed by atoms with Crippen LogP contribution in [0.15, 0.2) is 48.5 Å². The van der Waals surface area contributed by atoms with E-state index in [-0.39, 0.29) is 23.4 Å². The minimum Gasteiger partial charge on any atom is -0.508 e. The van der Waals surface area contributed by atoms with Crippen LogP contribution in [0.2, 0.25) is 0 Å². The number of phenols is 1. The molecule has 8 nitrogen and oxygen atoms in total. The van der Waals surface area contributed by atoms with E-state index >= 15 is 0 Å². The maximum atomic E-state index is 12.4. The van der Waals surface area contributed by atoms with Crippen molar-refractivity contribution in [1.82, 2.24) is 0 Å². The molecule has 0 aliphatic carbocycles. The summed E-state index contributed by atoms with van der Waals surface area (Å²) >= 11 is 0. The molecule has 27 heavy (non-hydrogen) atoms. The zero-order chi connectivity index (χ0) is 20.0. The number of benzene rings is 2. The van der Waals surface area contributed by atoms with Crippen molar-refractivity contribution in [2.75, 3.05) is 19.1 Å². The number of anilines is 1. The second-order valence-corrected chi connectivity index (χ2v) is 5.63. The minimum absolute atomic E-state index is 0.0609. The van der Waals surface area contributed by atoms with Crippen LogP contribution in [0.5, 0.6) is 5.75 Å². The number of nitrogens with two attached hydrogens (primary N) is 1. The van der Waals surface area contributed by atoms with Gasteiger partial charge in [-0.1, -0.05) is 24.3 Å². The maximum Gasteiger partial charge on any atom is 0.339 e. The maximum absolute atomic E-state index is 12.4. The van der Waals surface area contributed by atoms with Gasteiger partial charge in [-0.25, -0.2) is 14.4 Å². The molecular weight excluding hydrogens is 352 g/mol. The summed E-state index contributed by atoms with van der Waals surface area (Å²) in [5.41, 5.74) is 6.41. The Kier molecular flexibility index (Phi) is 6.37. The number of aromatic hydroxyl groups is 1. The lowest BCUT2D eigenvalue weighted by Crippen LogP contribution is -2.50. The van der Waals surface area contributed by atoms with Gasteiger partial charge in [-0.3, -0.25) is 4.90 Å². The van der Waals surface area contributed by atoms with Gasteiger partial charge in [0.05, 0.1) is 25.5 Å². The molecule has 0 aliphatic rings. The van der Waals surface area contributed by atoms with Crippen molar-refractivity contribution in [2.45, 2.75) is 12.5 Å². The summed E-state index contributed by atoms with van der Waals surface area (Å²) in [4.78, 5) is 37.7. The molecule has 8 heteroatoms. The predicted octanol–water partition coefficient (Wildman–Crippen LogP) is 1.85. The molecule has 142 valence electrons. The number of primary amides is 1. The van der Waals surface area contributed by atoms with E-state index in [2.05, 4.69) is 0 Å². The zero-order valence-corrected chi connectivity index (χ0v) is 14.9. The second-order valence-electron chi connectivity index (χ2n) is 5.63. The lowest BCUT2D eigenvalue weighted by molar-refractivity contribution is -0.142. The Morgan fingerprint density at radius 2 is 1.67 bits per heavy atom. The van der Waals surface area contributed by atoms with Crippen molar-refractivity contribution < 1.29 is 29.0 Å². The highest BCUT2D eigenvalue weighted by Gasteiger charge is 2.33. The molecule has 0 saturated carbocycles. The number of urea groups is 1. The van der Waals surface area contributed by atoms with Crippen molar-refractivity contribution >= 4 is 23.7 Å². The highest BCUT2D eigenvalue weighted by molar-refractivity contribution is 6.04. The molecule has 0 fully saturated rings. The molecule has 0 aliphatic heterocycles. The van der Waals surface area contributed by atoms with Crippen molar-refractivity contribution in [3.63, 3.8) is 0 Å². The van der Waals surface area contributed by atoms with E-state index in [1.807, 2.05) is 0 Å². The van der Waals surface area contributed by atoms with Gasteiger partial charge < -0.3 is 20.3 Å². The fourth-order valence-electron chi connectivity index (χ4n) is 2.68. The largest absolute Gasteiger partial charge is 0.508 e. The number of methoxy groups -OCH3 is 2. The summed E-state index contributed by atoms with van der Waals surface area (Å²) in [6.07, 6.45) is 0.0609. The summed E-state index contributed by atoms with van der Waals surface area (Å²) in [7, 11) is 2.40. The van der Waals surface area contributed by atoms with Crippen molar-refractivity contribution in [1.29, 1.82) is 0 Å². The summed E-state index contributed by atoms with van der Waals surface area (Å²) < 4.78 is 9.58. The van der Waals surface area contributed by atoms with Crippen LogP contribution in [-0.2, 0) is 20.7 Å². The monoisotopic (exact) mass is 372 g/mol. The first-order valence-electron chi connectivity index (χ1n) is 8.00. The number of phenolic OH excluding ortho intramolecular Hbond substituents is 1. The van der Waals surface area contributed by atoms with E-state index < -0.39 is 24.0 Å². The van der Waals surface area contributed by atoms with Crippen molar-refractivity contribution in [3.05, 3.63) is 59.7 Å². The number of hydrogen-bond donors (Lipinski definition) is 2. The van der Waals surface area contributed by atoms with Crippen LogP contribution in [0.1, 0.15) is 15.9 Å². The Bertz CT molecular complexity index is 834. The number of rotatable bonds is 6. The lowest BCUT2D eigenvalue weighted by atomic mass is 10.0. The van der Waals surface area contributed by atoms with Crippen LogP contribution < -0.4 is 10.6 Å². The van der Waals surface area contributed by atoms with E-state index in [0.29, 0.717) is 5.56 Å². The molecule has 0 bridgehead atoms. The van der Waals surface area contributed by atoms with E-state index in [4.69, 9.17) is 15.2 Å². The quantitative estimate of drug-likeness (QED) is 0.747. The Labute approximate surface area is 156 Å². The number of esters is 2. The first kappa shape index (κ1) is 19.8. The average Bonchev–Trinajstić information content (AvgIpc) is 2.68. The van der Waals surface area contributed by atoms with Crippen molar-refractivity contribution in [2.24, 2.45) is 5.73 Å². The number of hydrogen-bond acceptors (Lipinski definition) is 6. The lowest BCUT2D eigenvalue weighted by Gasteiger charge is -2.29. The summed E-state index contributed by atoms with van der Waals surface area (Å²) in [6, 6.07) is 10.2. The van der Waals surface area contributed by atoms with Crippen LogP contribution in [0.3, 0.4) is 0 Å². The van der Waals surface area contributed by atoms with E-state index in [0.717, 1.165) is 4.90 Å². The smallest absolute Gasteiger partial charge is 0.339 e. The number of para-hydroxylation sites is 1. The van der Waals surface area contributed by atoms with Crippen LogP contribution in [0.4, 0.5) is 10.5 Å². The third-order valence-electron chi connectivity index (χ3n) is 3.96. The molecule has 1 atom stereocenters. The molecule has 2 aromatic carbocycles. The van der Waals surface area contributed by atoms with Crippen LogP contribution in [0, 0.1) is 0 Å². The third kappa shape index (κ3) is 4.55. The Hall–Kier alpha value is -3.55. The fraction of sp³-hybridized carbons (Fsp3) is 0.211. The molecule has 2 aromatic rings. The number of carbonyl (C=O) groups is 3. The molecule has 3 N–H and O–H groups in total. The first-order valence-corrected chi connectivity index (χ1v) is 8.00. The molecule has 0 aromatic heterocycles. The predicted molar refractivity (Wildman–Crippen MR) is 97.5 cm³/mol. The SMILES string of the molecule is COC(=O)c1ccccc1N(C(N)=O)[C@@H](Cc1ccc(O)cc1)C(=O)OC. The van der Waals surface area contributed by atoms with Crippen LogP contribution in [-0.4, -0.2) is 43.3 Å². The molecule has 2 amide bonds.